The third-order valence-corrected chi connectivity index (χ3v) is 9.10. The van der Waals surface area contributed by atoms with Gasteiger partial charge in [-0.05, 0) is 93.3 Å². The van der Waals surface area contributed by atoms with E-state index in [0.717, 1.165) is 36.0 Å². The molecule has 0 atom stereocenters. The van der Waals surface area contributed by atoms with Crippen LogP contribution in [0.25, 0.3) is 0 Å². The Balaban J connectivity index is 0.000000271. The van der Waals surface area contributed by atoms with Gasteiger partial charge in [-0.1, -0.05) is 45.4 Å². The smallest absolute Gasteiger partial charge is 0.194 e. The fourth-order valence-electron chi connectivity index (χ4n) is 7.07. The Kier molecular flexibility index (Phi) is 11.2. The molecule has 1 aromatic carbocycles. The van der Waals surface area contributed by atoms with E-state index in [1.807, 2.05) is 0 Å². The van der Waals surface area contributed by atoms with Crippen LogP contribution < -0.4 is 0 Å². The van der Waals surface area contributed by atoms with Crippen molar-refractivity contribution >= 4 is 0 Å². The Hall–Kier alpha value is -1.13. The highest BCUT2D eigenvalue weighted by molar-refractivity contribution is 5.10. The number of hydrogen-bond donors (Lipinski definition) is 0. The van der Waals surface area contributed by atoms with Crippen LogP contribution in [0.2, 0.25) is 0 Å². The normalized spacial score (nSPS) is 32.1. The first-order valence-corrected chi connectivity index (χ1v) is 13.8. The van der Waals surface area contributed by atoms with E-state index in [0.29, 0.717) is 5.92 Å². The largest absolute Gasteiger partial charge is 0.251 e. The molecule has 0 aromatic heterocycles. The van der Waals surface area contributed by atoms with E-state index in [1.165, 1.54) is 89.9 Å². The quantitative estimate of drug-likeness (QED) is 0.213. The molecule has 194 valence electrons. The molecular weight excluding hydrogens is 443 g/mol. The SMILES string of the molecule is CCCC1CCC(C2CCC(C3CCC(CCF)CC3)CC2)CC1.Fc1cc(F)c(F)c(F)c1. The molecule has 0 unspecified atom stereocenters. The molecule has 0 aliphatic heterocycles. The van der Waals surface area contributed by atoms with Crippen molar-refractivity contribution in [1.29, 1.82) is 0 Å². The van der Waals surface area contributed by atoms with Gasteiger partial charge in [0.15, 0.2) is 17.5 Å². The molecule has 1 aromatic rings. The Morgan fingerprint density at radius 1 is 0.588 bits per heavy atom. The maximum absolute atomic E-state index is 12.5. The summed E-state index contributed by atoms with van der Waals surface area (Å²) in [5.41, 5.74) is 0. The second kappa shape index (κ2) is 13.8. The van der Waals surface area contributed by atoms with E-state index in [4.69, 9.17) is 0 Å². The van der Waals surface area contributed by atoms with Gasteiger partial charge in [-0.2, -0.15) is 0 Å². The van der Waals surface area contributed by atoms with Crippen LogP contribution in [0.3, 0.4) is 0 Å². The van der Waals surface area contributed by atoms with Gasteiger partial charge in [-0.25, -0.2) is 17.6 Å². The summed E-state index contributed by atoms with van der Waals surface area (Å²) in [6.45, 7) is 2.25. The van der Waals surface area contributed by atoms with Crippen molar-refractivity contribution in [3.05, 3.63) is 35.4 Å². The second-order valence-corrected chi connectivity index (χ2v) is 11.2. The molecule has 0 saturated heterocycles. The molecule has 0 nitrogen and oxygen atoms in total. The van der Waals surface area contributed by atoms with Crippen LogP contribution in [0.15, 0.2) is 12.1 Å². The van der Waals surface area contributed by atoms with Crippen molar-refractivity contribution in [1.82, 2.24) is 0 Å². The second-order valence-electron chi connectivity index (χ2n) is 11.2. The lowest BCUT2D eigenvalue weighted by Crippen LogP contribution is -2.29. The van der Waals surface area contributed by atoms with Crippen LogP contribution >= 0.6 is 0 Å². The van der Waals surface area contributed by atoms with Gasteiger partial charge in [0.05, 0.1) is 6.67 Å². The zero-order valence-corrected chi connectivity index (χ0v) is 20.8. The minimum absolute atomic E-state index is 0.0963. The van der Waals surface area contributed by atoms with Crippen molar-refractivity contribution < 1.29 is 22.0 Å². The minimum atomic E-state index is -1.65. The molecule has 3 aliphatic carbocycles. The highest BCUT2D eigenvalue weighted by Gasteiger charge is 2.34. The van der Waals surface area contributed by atoms with Crippen molar-refractivity contribution in [2.75, 3.05) is 6.67 Å². The van der Waals surface area contributed by atoms with Crippen LogP contribution in [0.1, 0.15) is 103 Å². The van der Waals surface area contributed by atoms with Crippen molar-refractivity contribution in [3.8, 4) is 0 Å². The summed E-state index contributed by atoms with van der Waals surface area (Å²) < 4.78 is 60.4. The Morgan fingerprint density at radius 2 is 0.941 bits per heavy atom. The first-order valence-electron chi connectivity index (χ1n) is 13.8. The fraction of sp³-hybridized carbons (Fsp3) is 0.793. The van der Waals surface area contributed by atoms with E-state index in [-0.39, 0.29) is 18.8 Å². The molecular formula is C29H43F5. The summed E-state index contributed by atoms with van der Waals surface area (Å²) >= 11 is 0. The predicted molar refractivity (Wildman–Crippen MR) is 128 cm³/mol. The third kappa shape index (κ3) is 7.95. The highest BCUT2D eigenvalue weighted by atomic mass is 19.2. The average Bonchev–Trinajstić information content (AvgIpc) is 2.84. The first-order chi connectivity index (χ1) is 16.4. The molecule has 3 aliphatic rings. The van der Waals surface area contributed by atoms with Crippen LogP contribution in [0, 0.1) is 58.8 Å². The Morgan fingerprint density at radius 3 is 1.29 bits per heavy atom. The molecule has 0 spiro atoms. The maximum atomic E-state index is 12.5. The molecule has 5 heteroatoms. The van der Waals surface area contributed by atoms with Gasteiger partial charge in [-0.3, -0.25) is 4.39 Å². The molecule has 0 radical (unpaired) electrons. The lowest BCUT2D eigenvalue weighted by atomic mass is 9.65. The molecule has 0 heterocycles. The minimum Gasteiger partial charge on any atom is -0.251 e. The molecule has 3 saturated carbocycles. The van der Waals surface area contributed by atoms with E-state index in [2.05, 4.69) is 6.92 Å². The molecule has 0 N–H and O–H groups in total. The summed E-state index contributed by atoms with van der Waals surface area (Å²) in [6.07, 6.45) is 21.3. The Labute approximate surface area is 203 Å². The van der Waals surface area contributed by atoms with Crippen LogP contribution in [-0.2, 0) is 0 Å². The Bertz CT molecular complexity index is 654. The van der Waals surface area contributed by atoms with Crippen molar-refractivity contribution in [3.63, 3.8) is 0 Å². The fourth-order valence-corrected chi connectivity index (χ4v) is 7.07. The van der Waals surface area contributed by atoms with E-state index in [1.54, 1.807) is 0 Å². The van der Waals surface area contributed by atoms with Crippen LogP contribution in [0.4, 0.5) is 22.0 Å². The van der Waals surface area contributed by atoms with Crippen molar-refractivity contribution in [2.45, 2.75) is 103 Å². The predicted octanol–water partition coefficient (Wildman–Crippen LogP) is 9.81. The topological polar surface area (TPSA) is 0 Å². The lowest BCUT2D eigenvalue weighted by molar-refractivity contribution is 0.102. The van der Waals surface area contributed by atoms with Gasteiger partial charge in [-0.15, -0.1) is 0 Å². The zero-order valence-electron chi connectivity index (χ0n) is 20.8. The summed E-state index contributed by atoms with van der Waals surface area (Å²) in [5.74, 6) is 0.0907. The summed E-state index contributed by atoms with van der Waals surface area (Å²) in [4.78, 5) is 0. The number of benzene rings is 1. The third-order valence-electron chi connectivity index (χ3n) is 9.10. The summed E-state index contributed by atoms with van der Waals surface area (Å²) in [7, 11) is 0. The molecule has 34 heavy (non-hydrogen) atoms. The van der Waals surface area contributed by atoms with Gasteiger partial charge in [0.1, 0.15) is 5.82 Å². The summed E-state index contributed by atoms with van der Waals surface area (Å²) in [5, 5.41) is 0. The highest BCUT2D eigenvalue weighted by Crippen LogP contribution is 2.46. The number of halogens is 5. The molecule has 4 rings (SSSR count). The summed E-state index contributed by atoms with van der Waals surface area (Å²) in [6, 6.07) is 0.552. The average molecular weight is 487 g/mol. The van der Waals surface area contributed by atoms with Gasteiger partial charge < -0.3 is 0 Å². The van der Waals surface area contributed by atoms with Crippen molar-refractivity contribution in [2.24, 2.45) is 35.5 Å². The zero-order chi connectivity index (χ0) is 24.5. The number of alkyl halides is 1. The number of rotatable bonds is 6. The van der Waals surface area contributed by atoms with Gasteiger partial charge in [0.25, 0.3) is 0 Å². The first kappa shape index (κ1) is 27.5. The van der Waals surface area contributed by atoms with Crippen LogP contribution in [0.5, 0.6) is 0 Å². The van der Waals surface area contributed by atoms with Gasteiger partial charge in [0.2, 0.25) is 0 Å². The maximum Gasteiger partial charge on any atom is 0.194 e. The van der Waals surface area contributed by atoms with Crippen LogP contribution in [-0.4, -0.2) is 6.67 Å². The van der Waals surface area contributed by atoms with Gasteiger partial charge in [0, 0.05) is 12.1 Å². The van der Waals surface area contributed by atoms with E-state index < -0.39 is 23.3 Å². The van der Waals surface area contributed by atoms with E-state index >= 15 is 0 Å². The molecule has 3 fully saturated rings. The molecule has 0 amide bonds. The standard InChI is InChI=1S/C23H41F.C6H2F4/c1-2-3-18-4-8-20(9-5-18)22-12-14-23(15-13-22)21-10-6-19(7-11-21)16-17-24;7-3-1-4(8)6(10)5(9)2-3/h18-23H,2-17H2,1H3;1-2H. The lowest BCUT2D eigenvalue weighted by Gasteiger charge is -2.41. The monoisotopic (exact) mass is 486 g/mol. The molecule has 0 bridgehead atoms. The number of hydrogen-bond acceptors (Lipinski definition) is 0. The van der Waals surface area contributed by atoms with E-state index in [9.17, 15) is 22.0 Å². The van der Waals surface area contributed by atoms with Gasteiger partial charge >= 0.3 is 0 Å².